The number of aromatic nitrogens is 2. The second-order valence-corrected chi connectivity index (χ2v) is 27.3. The summed E-state index contributed by atoms with van der Waals surface area (Å²) < 4.78 is 14.1. The Hall–Kier alpha value is -12.9. The van der Waals surface area contributed by atoms with Gasteiger partial charge in [0.2, 0.25) is 0 Å². The second kappa shape index (κ2) is 23.5. The fourth-order valence-corrected chi connectivity index (χ4v) is 17.1. The van der Waals surface area contributed by atoms with E-state index in [0.29, 0.717) is 0 Å². The van der Waals surface area contributed by atoms with Gasteiger partial charge >= 0.3 is 0 Å². The molecule has 0 aliphatic rings. The fraction of sp³-hybridized carbons (Fsp3) is 0. The molecular weight excluding hydrogens is 1230 g/mol. The van der Waals surface area contributed by atoms with Crippen molar-refractivity contribution in [2.24, 2.45) is 0 Å². The van der Waals surface area contributed by atoms with Gasteiger partial charge in [-0.1, -0.05) is 267 Å². The predicted molar refractivity (Wildman–Crippen MR) is 428 cm³/mol. The quantitative estimate of drug-likeness (QED) is 0.156. The molecule has 0 saturated heterocycles. The van der Waals surface area contributed by atoms with E-state index in [2.05, 4.69) is 367 Å². The molecule has 0 saturated carbocycles. The first kappa shape index (κ1) is 57.4. The molecule has 0 aliphatic heterocycles. The molecule has 0 amide bonds. The van der Waals surface area contributed by atoms with Crippen LogP contribution in [0.25, 0.3) is 196 Å². The Morgan fingerprint density at radius 2 is 0.530 bits per heavy atom. The van der Waals surface area contributed by atoms with Gasteiger partial charge in [0, 0.05) is 53.5 Å². The van der Waals surface area contributed by atoms with Gasteiger partial charge in [-0.25, -0.2) is 0 Å². The largest absolute Gasteiger partial charge is 0.456 e. The van der Waals surface area contributed by atoms with E-state index >= 15 is 0 Å². The average Bonchev–Trinajstić information content (AvgIpc) is 1.51. The molecule has 20 rings (SSSR count). The van der Waals surface area contributed by atoms with E-state index in [1.807, 2.05) is 17.4 Å². The highest BCUT2D eigenvalue weighted by molar-refractivity contribution is 7.26. The van der Waals surface area contributed by atoms with Gasteiger partial charge in [0.25, 0.3) is 0 Å². The van der Waals surface area contributed by atoms with Crippen LogP contribution >= 0.6 is 11.3 Å². The maximum Gasteiger partial charge on any atom is 0.135 e. The smallest absolute Gasteiger partial charge is 0.135 e. The molecule has 0 radical (unpaired) electrons. The molecule has 4 heteroatoms. The van der Waals surface area contributed by atoms with Crippen LogP contribution in [0.4, 0.5) is 0 Å². The second-order valence-electron chi connectivity index (χ2n) is 26.2. The number of hydrogen-bond acceptors (Lipinski definition) is 2. The van der Waals surface area contributed by atoms with Crippen molar-refractivity contribution in [2.75, 3.05) is 0 Å². The summed E-state index contributed by atoms with van der Waals surface area (Å²) in [7, 11) is 0. The number of furan rings is 1. The number of fused-ring (bicyclic) bond motifs is 20. The van der Waals surface area contributed by atoms with Crippen molar-refractivity contribution < 1.29 is 4.42 Å². The van der Waals surface area contributed by atoms with Gasteiger partial charge in [-0.05, 0) is 196 Å². The van der Waals surface area contributed by atoms with Crippen LogP contribution in [0.1, 0.15) is 0 Å². The SMILES string of the molecule is c1ccc(-c2ccc3c(c2)c2ccccc2c2ccc(-c4ccc5c(c4)c4ccccc4c4cc(-c6ccccc6)ccc4n(-c4cccc6c4sc4ccccc46)c4ccc(-c6ccccc6)cc54)cc2c2cc(-c4ccccc4)ccc2n3-c2ccc3oc4ccccc4c3c2)cc1. The van der Waals surface area contributed by atoms with Crippen molar-refractivity contribution in [3.8, 4) is 67.0 Å². The third-order valence-electron chi connectivity index (χ3n) is 20.6. The third-order valence-corrected chi connectivity index (χ3v) is 21.8. The number of hydrogen-bond donors (Lipinski definition) is 0. The van der Waals surface area contributed by atoms with Gasteiger partial charge in [-0.15, -0.1) is 11.3 Å². The van der Waals surface area contributed by atoms with Gasteiger partial charge in [-0.2, -0.15) is 0 Å². The van der Waals surface area contributed by atoms with Crippen molar-refractivity contribution in [1.29, 1.82) is 0 Å². The molecule has 100 heavy (non-hydrogen) atoms. The lowest BCUT2D eigenvalue weighted by molar-refractivity contribution is 0.669. The predicted octanol–water partition coefficient (Wildman–Crippen LogP) is 27.3. The van der Waals surface area contributed by atoms with Crippen LogP contribution in [-0.4, -0.2) is 9.13 Å². The van der Waals surface area contributed by atoms with E-state index in [1.165, 1.54) is 25.7 Å². The van der Waals surface area contributed by atoms with E-state index in [1.54, 1.807) is 0 Å². The monoisotopic (exact) mass is 1290 g/mol. The van der Waals surface area contributed by atoms with E-state index in [-0.39, 0.29) is 0 Å². The molecule has 16 aromatic carbocycles. The van der Waals surface area contributed by atoms with Crippen LogP contribution in [0, 0.1) is 0 Å². The molecule has 0 fully saturated rings. The summed E-state index contributed by atoms with van der Waals surface area (Å²) >= 11 is 1.87. The van der Waals surface area contributed by atoms with Crippen molar-refractivity contribution >= 4 is 140 Å². The molecule has 3 nitrogen and oxygen atoms in total. The lowest BCUT2D eigenvalue weighted by Crippen LogP contribution is -1.99. The summed E-state index contributed by atoms with van der Waals surface area (Å²) in [5.41, 5.74) is 19.7. The number of para-hydroxylation sites is 1. The highest BCUT2D eigenvalue weighted by Crippen LogP contribution is 2.45. The number of nitrogens with zero attached hydrogens (tertiary/aromatic N) is 2. The summed E-state index contributed by atoms with van der Waals surface area (Å²) in [4.78, 5) is 0. The van der Waals surface area contributed by atoms with E-state index in [0.717, 1.165) is 170 Å². The molecule has 466 valence electrons. The lowest BCUT2D eigenvalue weighted by atomic mass is 9.93. The molecule has 0 bridgehead atoms. The Labute approximate surface area is 580 Å². The Kier molecular flexibility index (Phi) is 13.5. The fourth-order valence-electron chi connectivity index (χ4n) is 15.9. The van der Waals surface area contributed by atoms with Crippen molar-refractivity contribution in [3.63, 3.8) is 0 Å². The summed E-state index contributed by atoms with van der Waals surface area (Å²) in [6.45, 7) is 0. The van der Waals surface area contributed by atoms with Gasteiger partial charge in [-0.3, -0.25) is 0 Å². The van der Waals surface area contributed by atoms with Crippen molar-refractivity contribution in [1.82, 2.24) is 9.13 Å². The van der Waals surface area contributed by atoms with Crippen LogP contribution in [0.5, 0.6) is 0 Å². The molecule has 0 unspecified atom stereocenters. The molecular formula is C96H60N2OS. The van der Waals surface area contributed by atoms with Crippen LogP contribution < -0.4 is 0 Å². The maximum absolute atomic E-state index is 6.55. The minimum Gasteiger partial charge on any atom is -0.456 e. The zero-order valence-corrected chi connectivity index (χ0v) is 55.2. The Morgan fingerprint density at radius 1 is 0.190 bits per heavy atom. The van der Waals surface area contributed by atoms with E-state index in [4.69, 9.17) is 4.42 Å². The molecule has 20 aromatic rings. The van der Waals surface area contributed by atoms with Gasteiger partial charge in [0.1, 0.15) is 11.2 Å². The highest BCUT2D eigenvalue weighted by atomic mass is 32.1. The minimum atomic E-state index is 0.854. The molecule has 0 aliphatic carbocycles. The van der Waals surface area contributed by atoms with Gasteiger partial charge in [0.15, 0.2) is 0 Å². The van der Waals surface area contributed by atoms with Crippen molar-refractivity contribution in [3.05, 3.63) is 364 Å². The van der Waals surface area contributed by atoms with E-state index < -0.39 is 0 Å². The van der Waals surface area contributed by atoms with E-state index in [9.17, 15) is 0 Å². The van der Waals surface area contributed by atoms with Crippen molar-refractivity contribution in [2.45, 2.75) is 0 Å². The Balaban J connectivity index is 0.939. The van der Waals surface area contributed by atoms with Crippen LogP contribution in [0.3, 0.4) is 0 Å². The summed E-state index contributed by atoms with van der Waals surface area (Å²) in [6.07, 6.45) is 0. The molecule has 0 atom stereocenters. The average molecular weight is 1290 g/mol. The maximum atomic E-state index is 6.55. The summed E-state index contributed by atoms with van der Waals surface area (Å²) in [5.74, 6) is 0. The number of rotatable bonds is 7. The summed E-state index contributed by atoms with van der Waals surface area (Å²) in [6, 6.07) is 135. The zero-order chi connectivity index (χ0) is 65.8. The number of thiophene rings is 1. The topological polar surface area (TPSA) is 23.0 Å². The minimum absolute atomic E-state index is 0.854. The summed E-state index contributed by atoms with van der Waals surface area (Å²) in [5, 5.41) is 18.4. The Morgan fingerprint density at radius 3 is 1.04 bits per heavy atom. The molecule has 4 aromatic heterocycles. The first-order chi connectivity index (χ1) is 49.6. The van der Waals surface area contributed by atoms with Gasteiger partial charge in [0.05, 0.1) is 32.5 Å². The third kappa shape index (κ3) is 9.48. The standard InChI is InChI=1S/C96H60N2OS/c1-5-22-61(23-6-1)65-42-49-88-83(56-65)74-32-15-13-30-72(74)76-47-40-70(55-82(76)86-59-68(64-28-11-4-12-29-64)43-50-89(86)97(88)71-46-53-94-87(60-71)78-34-17-19-38-93(78)99-94)69-41-48-77-81(54-69)73-31-14-16-33-75(73)84-57-66(62-24-7-2-8-25-62)44-51-90(84)98(91-52-45-67(58-85(77)91)63-26-9-3-10-27-63)92-37-21-36-80-79-35-18-20-39-95(79)100-96(80)92/h1-60H. The molecule has 4 heterocycles. The Bertz CT molecular complexity index is 6880. The lowest BCUT2D eigenvalue weighted by Gasteiger charge is -2.16. The number of benzene rings is 16. The molecule has 0 spiro atoms. The normalized spacial score (nSPS) is 11.8. The van der Waals surface area contributed by atoms with Crippen LogP contribution in [0.2, 0.25) is 0 Å². The van der Waals surface area contributed by atoms with Crippen LogP contribution in [-0.2, 0) is 0 Å². The molecule has 0 N–H and O–H groups in total. The highest BCUT2D eigenvalue weighted by Gasteiger charge is 2.21. The first-order valence-electron chi connectivity index (χ1n) is 34.3. The van der Waals surface area contributed by atoms with Gasteiger partial charge < -0.3 is 13.6 Å². The van der Waals surface area contributed by atoms with Crippen LogP contribution in [0.15, 0.2) is 368 Å². The zero-order valence-electron chi connectivity index (χ0n) is 54.4. The first-order valence-corrected chi connectivity index (χ1v) is 35.1.